The predicted molar refractivity (Wildman–Crippen MR) is 118 cm³/mol. The summed E-state index contributed by atoms with van der Waals surface area (Å²) in [7, 11) is 0. The first-order chi connectivity index (χ1) is 13.6. The molecule has 1 N–H and O–H groups in total. The summed E-state index contributed by atoms with van der Waals surface area (Å²) >= 11 is 1.59. The molecule has 0 aliphatic carbocycles. The van der Waals surface area contributed by atoms with E-state index in [9.17, 15) is 4.79 Å². The molecule has 3 nitrogen and oxygen atoms in total. The number of pyridine rings is 1. The van der Waals surface area contributed by atoms with Crippen LogP contribution in [-0.4, -0.2) is 10.9 Å². The molecule has 28 heavy (non-hydrogen) atoms. The van der Waals surface area contributed by atoms with E-state index in [1.807, 2.05) is 47.8 Å². The maximum atomic E-state index is 12.3. The maximum absolute atomic E-state index is 12.3. The Hall–Kier alpha value is -2.98. The minimum absolute atomic E-state index is 0.00714. The Morgan fingerprint density at radius 2 is 1.93 bits per heavy atom. The average molecular weight is 387 g/mol. The summed E-state index contributed by atoms with van der Waals surface area (Å²) in [6.07, 6.45) is 0.397. The zero-order chi connectivity index (χ0) is 19.5. The van der Waals surface area contributed by atoms with Crippen LogP contribution in [0.15, 0.2) is 72.1 Å². The van der Waals surface area contributed by atoms with Gasteiger partial charge in [-0.25, -0.2) is 4.98 Å². The number of amides is 1. The number of hydrogen-bond acceptors (Lipinski definition) is 3. The monoisotopic (exact) mass is 386 g/mol. The molecule has 1 amide bonds. The van der Waals surface area contributed by atoms with E-state index in [0.717, 1.165) is 32.7 Å². The smallest absolute Gasteiger partial charge is 0.229 e. The molecular weight excluding hydrogens is 364 g/mol. The number of benzene rings is 2. The van der Waals surface area contributed by atoms with E-state index in [2.05, 4.69) is 43.4 Å². The van der Waals surface area contributed by atoms with Gasteiger partial charge in [0.15, 0.2) is 0 Å². The lowest BCUT2D eigenvalue weighted by Gasteiger charge is -2.09. The molecule has 0 spiro atoms. The second kappa shape index (κ2) is 7.95. The number of aromatic nitrogens is 1. The van der Waals surface area contributed by atoms with Crippen molar-refractivity contribution < 1.29 is 4.79 Å². The Balaban J connectivity index is 1.56. The van der Waals surface area contributed by atoms with Gasteiger partial charge in [-0.15, -0.1) is 11.3 Å². The third kappa shape index (κ3) is 4.12. The number of anilines is 1. The minimum atomic E-state index is -0.00714. The normalized spacial score (nSPS) is 11.1. The molecule has 0 saturated carbocycles. The fourth-order valence-electron chi connectivity index (χ4n) is 3.20. The van der Waals surface area contributed by atoms with Gasteiger partial charge in [-0.3, -0.25) is 4.79 Å². The molecule has 0 saturated heterocycles. The van der Waals surface area contributed by atoms with Crippen molar-refractivity contribution in [2.75, 3.05) is 5.32 Å². The predicted octanol–water partition coefficient (Wildman–Crippen LogP) is 6.27. The van der Waals surface area contributed by atoms with E-state index < -0.39 is 0 Å². The van der Waals surface area contributed by atoms with E-state index in [1.54, 1.807) is 11.3 Å². The van der Waals surface area contributed by atoms with Crippen LogP contribution < -0.4 is 5.32 Å². The van der Waals surface area contributed by atoms with Crippen LogP contribution in [0.5, 0.6) is 0 Å². The van der Waals surface area contributed by atoms with Gasteiger partial charge < -0.3 is 5.32 Å². The largest absolute Gasteiger partial charge is 0.326 e. The van der Waals surface area contributed by atoms with E-state index >= 15 is 0 Å². The van der Waals surface area contributed by atoms with Gasteiger partial charge in [0.05, 0.1) is 17.6 Å². The lowest BCUT2D eigenvalue weighted by atomic mass is 10.0. The summed E-state index contributed by atoms with van der Waals surface area (Å²) in [6.45, 7) is 4.39. The Labute approximate surface area is 169 Å². The highest BCUT2D eigenvalue weighted by molar-refractivity contribution is 7.10. The quantitative estimate of drug-likeness (QED) is 0.439. The van der Waals surface area contributed by atoms with Crippen LogP contribution in [0.25, 0.3) is 22.2 Å². The van der Waals surface area contributed by atoms with Crippen molar-refractivity contribution >= 4 is 33.8 Å². The Bertz CT molecular complexity index is 1120. The third-order valence-electron chi connectivity index (χ3n) is 4.74. The molecule has 0 bridgehead atoms. The number of thiophene rings is 1. The second-order valence-electron chi connectivity index (χ2n) is 7.19. The van der Waals surface area contributed by atoms with Crippen molar-refractivity contribution in [3.8, 4) is 11.3 Å². The standard InChI is InChI=1S/C24H22N2OS/c1-16(2)17-8-10-23-19(13-17)9-11-22(26-23)18-5-3-6-20(14-18)25-24(27)15-21-7-4-12-28-21/h3-14,16H,15H2,1-2H3,(H,25,27). The maximum Gasteiger partial charge on any atom is 0.229 e. The van der Waals surface area contributed by atoms with Crippen LogP contribution >= 0.6 is 11.3 Å². The van der Waals surface area contributed by atoms with Gasteiger partial charge in [-0.2, -0.15) is 0 Å². The summed E-state index contributed by atoms with van der Waals surface area (Å²) in [5.74, 6) is 0.492. The van der Waals surface area contributed by atoms with E-state index in [4.69, 9.17) is 4.98 Å². The molecule has 4 aromatic rings. The first-order valence-corrected chi connectivity index (χ1v) is 10.3. The number of nitrogens with one attached hydrogen (secondary N) is 1. The van der Waals surface area contributed by atoms with Crippen molar-refractivity contribution in [2.45, 2.75) is 26.2 Å². The molecule has 0 fully saturated rings. The van der Waals surface area contributed by atoms with Crippen LogP contribution in [0.2, 0.25) is 0 Å². The second-order valence-corrected chi connectivity index (χ2v) is 8.22. The van der Waals surface area contributed by atoms with Gasteiger partial charge in [0.25, 0.3) is 0 Å². The minimum Gasteiger partial charge on any atom is -0.326 e. The summed E-state index contributed by atoms with van der Waals surface area (Å²) in [6, 6.07) is 22.4. The zero-order valence-electron chi connectivity index (χ0n) is 16.0. The number of rotatable bonds is 5. The molecule has 2 aromatic heterocycles. The van der Waals surface area contributed by atoms with Gasteiger partial charge in [-0.1, -0.05) is 44.2 Å². The Kier molecular flexibility index (Phi) is 5.22. The zero-order valence-corrected chi connectivity index (χ0v) is 16.8. The van der Waals surface area contributed by atoms with Crippen LogP contribution in [0.3, 0.4) is 0 Å². The first kappa shape index (κ1) is 18.4. The molecule has 140 valence electrons. The van der Waals surface area contributed by atoms with Crippen molar-refractivity contribution in [2.24, 2.45) is 0 Å². The van der Waals surface area contributed by atoms with Crippen molar-refractivity contribution in [1.82, 2.24) is 4.98 Å². The van der Waals surface area contributed by atoms with Crippen molar-refractivity contribution in [3.05, 3.63) is 82.6 Å². The van der Waals surface area contributed by atoms with Crippen molar-refractivity contribution in [1.29, 1.82) is 0 Å². The molecule has 2 aromatic carbocycles. The molecule has 4 rings (SSSR count). The van der Waals surface area contributed by atoms with Crippen molar-refractivity contribution in [3.63, 3.8) is 0 Å². The van der Waals surface area contributed by atoms with Crippen LogP contribution in [0.4, 0.5) is 5.69 Å². The van der Waals surface area contributed by atoms with Gasteiger partial charge >= 0.3 is 0 Å². The lowest BCUT2D eigenvalue weighted by molar-refractivity contribution is -0.115. The van der Waals surface area contributed by atoms with E-state index in [1.165, 1.54) is 5.56 Å². The number of carbonyl (C=O) groups excluding carboxylic acids is 1. The first-order valence-electron chi connectivity index (χ1n) is 9.42. The van der Waals surface area contributed by atoms with E-state index in [0.29, 0.717) is 12.3 Å². The number of fused-ring (bicyclic) bond motifs is 1. The fourth-order valence-corrected chi connectivity index (χ4v) is 3.90. The number of carbonyl (C=O) groups is 1. The molecule has 4 heteroatoms. The summed E-state index contributed by atoms with van der Waals surface area (Å²) in [4.78, 5) is 18.1. The Morgan fingerprint density at radius 1 is 1.04 bits per heavy atom. The SMILES string of the molecule is CC(C)c1ccc2nc(-c3cccc(NC(=O)Cc4cccs4)c3)ccc2c1. The van der Waals surface area contributed by atoms with Gasteiger partial charge in [0, 0.05) is 21.5 Å². The van der Waals surface area contributed by atoms with Crippen LogP contribution in [-0.2, 0) is 11.2 Å². The van der Waals surface area contributed by atoms with Crippen LogP contribution in [0.1, 0.15) is 30.2 Å². The van der Waals surface area contributed by atoms with Crippen LogP contribution in [0, 0.1) is 0 Å². The summed E-state index contributed by atoms with van der Waals surface area (Å²) < 4.78 is 0. The fraction of sp³-hybridized carbons (Fsp3) is 0.167. The Morgan fingerprint density at radius 3 is 2.71 bits per heavy atom. The molecule has 0 aliphatic heterocycles. The lowest BCUT2D eigenvalue weighted by Crippen LogP contribution is -2.13. The number of hydrogen-bond donors (Lipinski definition) is 1. The molecule has 2 heterocycles. The average Bonchev–Trinajstić information content (AvgIpc) is 3.20. The highest BCUT2D eigenvalue weighted by Gasteiger charge is 2.08. The highest BCUT2D eigenvalue weighted by Crippen LogP contribution is 2.26. The highest BCUT2D eigenvalue weighted by atomic mass is 32.1. The van der Waals surface area contributed by atoms with E-state index in [-0.39, 0.29) is 5.91 Å². The van der Waals surface area contributed by atoms with Gasteiger partial charge in [0.2, 0.25) is 5.91 Å². The third-order valence-corrected chi connectivity index (χ3v) is 5.61. The number of nitrogens with zero attached hydrogens (tertiary/aromatic N) is 1. The summed E-state index contributed by atoms with van der Waals surface area (Å²) in [5, 5.41) is 6.12. The van der Waals surface area contributed by atoms with Gasteiger partial charge in [0.1, 0.15) is 0 Å². The molecular formula is C24H22N2OS. The summed E-state index contributed by atoms with van der Waals surface area (Å²) in [5.41, 5.74) is 4.98. The topological polar surface area (TPSA) is 42.0 Å². The molecule has 0 unspecified atom stereocenters. The molecule has 0 aliphatic rings. The molecule has 0 atom stereocenters. The van der Waals surface area contributed by atoms with Gasteiger partial charge in [-0.05, 0) is 53.3 Å². The molecule has 0 radical (unpaired) electrons.